The van der Waals surface area contributed by atoms with Crippen molar-refractivity contribution < 1.29 is 28.3 Å². The molecule has 1 heterocycles. The molecule has 12 heteroatoms. The van der Waals surface area contributed by atoms with Crippen LogP contribution in [0, 0.1) is 5.92 Å². The molecule has 0 spiro atoms. The predicted octanol–water partition coefficient (Wildman–Crippen LogP) is 0.518. The second kappa shape index (κ2) is 14.1. The second-order valence-corrected chi connectivity index (χ2v) is 9.22. The van der Waals surface area contributed by atoms with E-state index in [1.807, 2.05) is 0 Å². The van der Waals surface area contributed by atoms with Gasteiger partial charge < -0.3 is 31.7 Å². The SMILES string of the molecule is COc1ccc(C(=O)NC(C(=O)N2CCC[C@H]2C(=O)N[C@@H](CCCN=C(N)N)C(=O)CF)C(C)C)cc1. The molecule has 0 saturated carbocycles. The van der Waals surface area contributed by atoms with Gasteiger partial charge in [-0.2, -0.15) is 0 Å². The van der Waals surface area contributed by atoms with Gasteiger partial charge in [0, 0.05) is 18.7 Å². The van der Waals surface area contributed by atoms with Crippen molar-refractivity contribution in [3.05, 3.63) is 29.8 Å². The van der Waals surface area contributed by atoms with Gasteiger partial charge in [-0.1, -0.05) is 13.8 Å². The number of guanidine groups is 1. The van der Waals surface area contributed by atoms with Crippen LogP contribution in [0.3, 0.4) is 0 Å². The first-order valence-corrected chi connectivity index (χ1v) is 12.3. The molecule has 1 fully saturated rings. The van der Waals surface area contributed by atoms with Crippen LogP contribution in [0.2, 0.25) is 0 Å². The van der Waals surface area contributed by atoms with E-state index in [-0.39, 0.29) is 24.8 Å². The Bertz CT molecular complexity index is 980. The van der Waals surface area contributed by atoms with Crippen LogP contribution in [0.4, 0.5) is 4.39 Å². The van der Waals surface area contributed by atoms with Crippen molar-refractivity contribution in [2.45, 2.75) is 57.7 Å². The van der Waals surface area contributed by atoms with Gasteiger partial charge in [0.2, 0.25) is 11.8 Å². The number of rotatable bonds is 13. The Balaban J connectivity index is 2.09. The van der Waals surface area contributed by atoms with Crippen LogP contribution in [0.25, 0.3) is 0 Å². The number of nitrogens with zero attached hydrogens (tertiary/aromatic N) is 2. The van der Waals surface area contributed by atoms with Crippen molar-refractivity contribution >= 4 is 29.5 Å². The number of halogens is 1. The molecule has 3 amide bonds. The van der Waals surface area contributed by atoms with Crippen LogP contribution in [0.15, 0.2) is 29.3 Å². The van der Waals surface area contributed by atoms with Gasteiger partial charge in [0.15, 0.2) is 11.7 Å². The number of nitrogens with one attached hydrogen (secondary N) is 2. The first-order valence-electron chi connectivity index (χ1n) is 12.3. The quantitative estimate of drug-likeness (QED) is 0.167. The number of carbonyl (C=O) groups is 4. The van der Waals surface area contributed by atoms with Gasteiger partial charge in [0.25, 0.3) is 5.91 Å². The maximum absolute atomic E-state index is 13.5. The summed E-state index contributed by atoms with van der Waals surface area (Å²) in [4.78, 5) is 56.7. The molecular formula is C25H37FN6O5. The van der Waals surface area contributed by atoms with E-state index in [0.29, 0.717) is 37.1 Å². The molecule has 1 aromatic rings. The van der Waals surface area contributed by atoms with Gasteiger partial charge in [0.05, 0.1) is 13.2 Å². The van der Waals surface area contributed by atoms with E-state index in [4.69, 9.17) is 16.2 Å². The molecule has 0 aromatic heterocycles. The number of likely N-dealkylation sites (tertiary alicyclic amines) is 1. The lowest BCUT2D eigenvalue weighted by atomic mass is 10.0. The van der Waals surface area contributed by atoms with E-state index in [9.17, 15) is 23.6 Å². The van der Waals surface area contributed by atoms with Crippen LogP contribution < -0.4 is 26.8 Å². The lowest BCUT2D eigenvalue weighted by Crippen LogP contribution is -2.56. The van der Waals surface area contributed by atoms with Gasteiger partial charge in [-0.3, -0.25) is 24.2 Å². The van der Waals surface area contributed by atoms with Crippen LogP contribution in [-0.4, -0.2) is 79.4 Å². The highest BCUT2D eigenvalue weighted by Gasteiger charge is 2.39. The molecule has 3 atom stereocenters. The zero-order valence-corrected chi connectivity index (χ0v) is 21.5. The minimum absolute atomic E-state index is 0.101. The fourth-order valence-electron chi connectivity index (χ4n) is 4.14. The fourth-order valence-corrected chi connectivity index (χ4v) is 4.14. The Hall–Kier alpha value is -3.70. The molecule has 1 aliphatic rings. The maximum Gasteiger partial charge on any atom is 0.251 e. The van der Waals surface area contributed by atoms with Gasteiger partial charge in [0.1, 0.15) is 24.5 Å². The van der Waals surface area contributed by atoms with E-state index >= 15 is 0 Å². The van der Waals surface area contributed by atoms with Crippen molar-refractivity contribution in [2.75, 3.05) is 26.9 Å². The van der Waals surface area contributed by atoms with Crippen molar-refractivity contribution in [2.24, 2.45) is 22.4 Å². The van der Waals surface area contributed by atoms with Gasteiger partial charge in [-0.05, 0) is 55.9 Å². The minimum Gasteiger partial charge on any atom is -0.497 e. The summed E-state index contributed by atoms with van der Waals surface area (Å²) >= 11 is 0. The zero-order valence-electron chi connectivity index (χ0n) is 21.5. The third-order valence-corrected chi connectivity index (χ3v) is 6.19. The minimum atomic E-state index is -1.23. The summed E-state index contributed by atoms with van der Waals surface area (Å²) in [5.74, 6) is -1.88. The zero-order chi connectivity index (χ0) is 27.5. The van der Waals surface area contributed by atoms with E-state index in [1.54, 1.807) is 38.1 Å². The highest BCUT2D eigenvalue weighted by Crippen LogP contribution is 2.21. The van der Waals surface area contributed by atoms with Gasteiger partial charge >= 0.3 is 0 Å². The first-order chi connectivity index (χ1) is 17.6. The summed E-state index contributed by atoms with van der Waals surface area (Å²) in [6.07, 6.45) is 1.47. The number of nitrogens with two attached hydrogens (primary N) is 2. The fraction of sp³-hybridized carbons (Fsp3) is 0.560. The predicted molar refractivity (Wildman–Crippen MR) is 137 cm³/mol. The molecule has 1 saturated heterocycles. The van der Waals surface area contributed by atoms with Crippen LogP contribution in [-0.2, 0) is 14.4 Å². The van der Waals surface area contributed by atoms with E-state index in [0.717, 1.165) is 0 Å². The van der Waals surface area contributed by atoms with Gasteiger partial charge in [-0.15, -0.1) is 0 Å². The number of alkyl halides is 1. The number of amides is 3. The van der Waals surface area contributed by atoms with Gasteiger partial charge in [-0.25, -0.2) is 4.39 Å². The van der Waals surface area contributed by atoms with E-state index in [2.05, 4.69) is 15.6 Å². The number of benzene rings is 1. The monoisotopic (exact) mass is 520 g/mol. The third-order valence-electron chi connectivity index (χ3n) is 6.19. The van der Waals surface area contributed by atoms with Crippen molar-refractivity contribution in [3.63, 3.8) is 0 Å². The standard InChI is InChI=1S/C25H37FN6O5/c1-15(2)21(31-22(34)16-8-10-17(37-3)11-9-16)24(36)32-13-5-7-19(32)23(35)30-18(20(33)14-26)6-4-12-29-25(27)28/h8-11,15,18-19,21H,4-7,12-14H2,1-3H3,(H,30,35)(H,31,34)(H4,27,28,29)/t18-,19-,21?/m0/s1. The Labute approximate surface area is 216 Å². The number of hydrogen-bond acceptors (Lipinski definition) is 6. The molecule has 2 rings (SSSR count). The normalized spacial score (nSPS) is 16.6. The summed E-state index contributed by atoms with van der Waals surface area (Å²) in [6, 6.07) is 3.72. The average Bonchev–Trinajstić information content (AvgIpc) is 3.38. The lowest BCUT2D eigenvalue weighted by Gasteiger charge is -2.31. The summed E-state index contributed by atoms with van der Waals surface area (Å²) in [6.45, 7) is 2.92. The summed E-state index contributed by atoms with van der Waals surface area (Å²) in [5.41, 5.74) is 10.9. The smallest absolute Gasteiger partial charge is 0.251 e. The lowest BCUT2D eigenvalue weighted by molar-refractivity contribution is -0.141. The molecule has 6 N–H and O–H groups in total. The molecular weight excluding hydrogens is 483 g/mol. The molecule has 0 aliphatic carbocycles. The van der Waals surface area contributed by atoms with Crippen LogP contribution in [0.1, 0.15) is 49.9 Å². The Morgan fingerprint density at radius 3 is 2.41 bits per heavy atom. The van der Waals surface area contributed by atoms with E-state index in [1.165, 1.54) is 12.0 Å². The molecule has 204 valence electrons. The van der Waals surface area contributed by atoms with E-state index < -0.39 is 48.3 Å². The molecule has 0 bridgehead atoms. The van der Waals surface area contributed by atoms with Crippen molar-refractivity contribution in [1.29, 1.82) is 0 Å². The molecule has 11 nitrogen and oxygen atoms in total. The Morgan fingerprint density at radius 2 is 1.84 bits per heavy atom. The summed E-state index contributed by atoms with van der Waals surface area (Å²) in [7, 11) is 1.52. The molecule has 37 heavy (non-hydrogen) atoms. The first kappa shape index (κ1) is 29.5. The largest absolute Gasteiger partial charge is 0.497 e. The topological polar surface area (TPSA) is 169 Å². The number of methoxy groups -OCH3 is 1. The highest BCUT2D eigenvalue weighted by molar-refractivity contribution is 5.99. The number of ketones is 1. The highest BCUT2D eigenvalue weighted by atomic mass is 19.1. The Morgan fingerprint density at radius 1 is 1.16 bits per heavy atom. The number of Topliss-reactive ketones (excluding diaryl/α,β-unsaturated/α-hetero) is 1. The molecule has 1 unspecified atom stereocenters. The maximum atomic E-state index is 13.5. The van der Waals surface area contributed by atoms with Crippen LogP contribution >= 0.6 is 0 Å². The summed E-state index contributed by atoms with van der Waals surface area (Å²) < 4.78 is 18.2. The average molecular weight is 521 g/mol. The third kappa shape index (κ3) is 8.43. The Kier molecular flexibility index (Phi) is 11.3. The van der Waals surface area contributed by atoms with Crippen molar-refractivity contribution in [1.82, 2.24) is 15.5 Å². The molecule has 1 aromatic carbocycles. The molecule has 0 radical (unpaired) electrons. The second-order valence-electron chi connectivity index (χ2n) is 9.22. The van der Waals surface area contributed by atoms with Crippen LogP contribution in [0.5, 0.6) is 5.75 Å². The summed E-state index contributed by atoms with van der Waals surface area (Å²) in [5, 5.41) is 5.37. The van der Waals surface area contributed by atoms with Crippen molar-refractivity contribution in [3.8, 4) is 5.75 Å². The number of hydrogen-bond donors (Lipinski definition) is 4. The number of aliphatic imine (C=N–C) groups is 1. The molecule has 1 aliphatic heterocycles. The number of ether oxygens (including phenoxy) is 1. The number of carbonyl (C=O) groups excluding carboxylic acids is 4.